The van der Waals surface area contributed by atoms with E-state index in [0.29, 0.717) is 23.0 Å². The number of benzene rings is 2. The first-order valence-electron chi connectivity index (χ1n) is 12.6. The Hall–Kier alpha value is -3.39. The van der Waals surface area contributed by atoms with Crippen molar-refractivity contribution in [3.05, 3.63) is 60.2 Å². The minimum Gasteiger partial charge on any atom is -0.335 e. The predicted molar refractivity (Wildman–Crippen MR) is 137 cm³/mol. The van der Waals surface area contributed by atoms with Gasteiger partial charge in [-0.3, -0.25) is 14.5 Å². The van der Waals surface area contributed by atoms with E-state index >= 15 is 0 Å². The quantitative estimate of drug-likeness (QED) is 0.484. The number of urea groups is 1. The molecule has 8 heteroatoms. The van der Waals surface area contributed by atoms with E-state index in [0.717, 1.165) is 38.8 Å². The molecule has 2 aliphatic rings. The smallest absolute Gasteiger partial charge is 0.315 e. The van der Waals surface area contributed by atoms with Crippen molar-refractivity contribution in [3.63, 3.8) is 0 Å². The molecular weight excluding hydrogens is 442 g/mol. The molecule has 4 N–H and O–H groups in total. The summed E-state index contributed by atoms with van der Waals surface area (Å²) in [6.45, 7) is 1.71. The summed E-state index contributed by atoms with van der Waals surface area (Å²) in [5, 5.41) is 12.0. The highest BCUT2D eigenvalue weighted by molar-refractivity contribution is 6.10. The predicted octanol–water partition coefficient (Wildman–Crippen LogP) is 3.97. The molecule has 35 heavy (non-hydrogen) atoms. The molecule has 0 radical (unpaired) electrons. The lowest BCUT2D eigenvalue weighted by molar-refractivity contribution is -0.117. The van der Waals surface area contributed by atoms with Gasteiger partial charge in [0, 0.05) is 30.9 Å². The molecule has 1 aliphatic carbocycles. The van der Waals surface area contributed by atoms with E-state index < -0.39 is 0 Å². The molecule has 4 amide bonds. The van der Waals surface area contributed by atoms with Crippen molar-refractivity contribution in [2.75, 3.05) is 30.3 Å². The Labute approximate surface area is 206 Å². The van der Waals surface area contributed by atoms with Gasteiger partial charge in [-0.05, 0) is 49.9 Å². The minimum atomic E-state index is -0.273. The van der Waals surface area contributed by atoms with Gasteiger partial charge in [0.25, 0.3) is 5.91 Å². The third-order valence-corrected chi connectivity index (χ3v) is 6.71. The lowest BCUT2D eigenvalue weighted by Crippen LogP contribution is -2.51. The van der Waals surface area contributed by atoms with Crippen LogP contribution in [0, 0.1) is 0 Å². The Morgan fingerprint density at radius 3 is 2.09 bits per heavy atom. The molecule has 186 valence electrons. The van der Waals surface area contributed by atoms with Crippen LogP contribution in [0.2, 0.25) is 0 Å². The highest BCUT2D eigenvalue weighted by Crippen LogP contribution is 2.19. The summed E-state index contributed by atoms with van der Waals surface area (Å²) < 4.78 is 0. The Morgan fingerprint density at radius 2 is 1.37 bits per heavy atom. The number of hydrogen-bond acceptors (Lipinski definition) is 4. The second kappa shape index (κ2) is 12.4. The number of hydrogen-bond donors (Lipinski definition) is 4. The van der Waals surface area contributed by atoms with Gasteiger partial charge in [0.05, 0.1) is 17.8 Å². The molecule has 2 aromatic rings. The van der Waals surface area contributed by atoms with Crippen molar-refractivity contribution in [1.29, 1.82) is 0 Å². The van der Waals surface area contributed by atoms with Crippen molar-refractivity contribution in [2.24, 2.45) is 0 Å². The van der Waals surface area contributed by atoms with E-state index in [2.05, 4.69) is 26.2 Å². The van der Waals surface area contributed by atoms with E-state index in [1.165, 1.54) is 19.3 Å². The summed E-state index contributed by atoms with van der Waals surface area (Å²) in [5.74, 6) is -0.433. The van der Waals surface area contributed by atoms with Gasteiger partial charge in [0.2, 0.25) is 5.91 Å². The normalized spacial score (nSPS) is 17.4. The van der Waals surface area contributed by atoms with Crippen LogP contribution in [-0.2, 0) is 4.79 Å². The number of anilines is 2. The van der Waals surface area contributed by atoms with Crippen LogP contribution in [-0.4, -0.2) is 54.5 Å². The van der Waals surface area contributed by atoms with Crippen LogP contribution in [0.4, 0.5) is 16.2 Å². The summed E-state index contributed by atoms with van der Waals surface area (Å²) in [4.78, 5) is 39.9. The fourth-order valence-corrected chi connectivity index (χ4v) is 4.80. The summed E-state index contributed by atoms with van der Waals surface area (Å²) in [7, 11) is 0. The zero-order valence-electron chi connectivity index (χ0n) is 20.1. The minimum absolute atomic E-state index is 0.0709. The standard InChI is InChI=1S/C27H35N5O3/c33-25(31-24-14-8-7-13-23(24)26(34)28-20-9-3-1-4-10-20)19-32-17-15-22(16-18-32)30-27(35)29-21-11-5-2-6-12-21/h1,3-4,7-10,13-14,21-22H,2,5-6,11-12,15-19H2,(H,28,34)(H,31,33)(H2,29,30,35). The summed E-state index contributed by atoms with van der Waals surface area (Å²) >= 11 is 0. The Kier molecular flexibility index (Phi) is 8.73. The maximum Gasteiger partial charge on any atom is 0.315 e. The number of nitrogens with zero attached hydrogens (tertiary/aromatic N) is 1. The van der Waals surface area contributed by atoms with E-state index in [1.54, 1.807) is 24.3 Å². The van der Waals surface area contributed by atoms with Crippen molar-refractivity contribution in [1.82, 2.24) is 15.5 Å². The molecule has 1 heterocycles. The molecule has 0 atom stereocenters. The van der Waals surface area contributed by atoms with Crippen molar-refractivity contribution in [2.45, 2.75) is 57.0 Å². The van der Waals surface area contributed by atoms with Crippen molar-refractivity contribution < 1.29 is 14.4 Å². The van der Waals surface area contributed by atoms with Gasteiger partial charge in [0.1, 0.15) is 0 Å². The summed E-state index contributed by atoms with van der Waals surface area (Å²) in [6, 6.07) is 16.6. The number of carbonyl (C=O) groups excluding carboxylic acids is 3. The van der Waals surface area contributed by atoms with Crippen LogP contribution in [0.1, 0.15) is 55.3 Å². The number of amides is 4. The van der Waals surface area contributed by atoms with Gasteiger partial charge in [-0.1, -0.05) is 49.6 Å². The fraction of sp³-hybridized carbons (Fsp3) is 0.444. The second-order valence-corrected chi connectivity index (χ2v) is 9.42. The van der Waals surface area contributed by atoms with Crippen molar-refractivity contribution in [3.8, 4) is 0 Å². The molecule has 0 aromatic heterocycles. The van der Waals surface area contributed by atoms with E-state index in [-0.39, 0.29) is 30.4 Å². The third kappa shape index (κ3) is 7.55. The van der Waals surface area contributed by atoms with Crippen LogP contribution in [0.5, 0.6) is 0 Å². The van der Waals surface area contributed by atoms with Crippen LogP contribution in [0.3, 0.4) is 0 Å². The molecule has 1 saturated heterocycles. The van der Waals surface area contributed by atoms with Gasteiger partial charge in [-0.15, -0.1) is 0 Å². The molecule has 1 saturated carbocycles. The monoisotopic (exact) mass is 477 g/mol. The Balaban J connectivity index is 1.22. The lowest BCUT2D eigenvalue weighted by Gasteiger charge is -2.32. The number of likely N-dealkylation sites (tertiary alicyclic amines) is 1. The molecule has 2 fully saturated rings. The number of carbonyl (C=O) groups is 3. The average molecular weight is 478 g/mol. The molecule has 1 aliphatic heterocycles. The fourth-order valence-electron chi connectivity index (χ4n) is 4.80. The molecule has 4 rings (SSSR count). The summed E-state index contributed by atoms with van der Waals surface area (Å²) in [6.07, 6.45) is 7.39. The third-order valence-electron chi connectivity index (χ3n) is 6.71. The number of para-hydroxylation sites is 2. The first kappa shape index (κ1) is 24.7. The largest absolute Gasteiger partial charge is 0.335 e. The van der Waals surface area contributed by atoms with E-state index in [9.17, 15) is 14.4 Å². The van der Waals surface area contributed by atoms with Crippen molar-refractivity contribution >= 4 is 29.2 Å². The number of piperidine rings is 1. The molecule has 8 nitrogen and oxygen atoms in total. The number of nitrogens with one attached hydrogen (secondary N) is 4. The topological polar surface area (TPSA) is 103 Å². The molecule has 0 spiro atoms. The zero-order valence-corrected chi connectivity index (χ0v) is 20.1. The van der Waals surface area contributed by atoms with Gasteiger partial charge in [-0.25, -0.2) is 4.79 Å². The molecule has 0 bridgehead atoms. The Morgan fingerprint density at radius 1 is 0.743 bits per heavy atom. The first-order chi connectivity index (χ1) is 17.1. The van der Waals surface area contributed by atoms with Gasteiger partial charge < -0.3 is 21.3 Å². The highest BCUT2D eigenvalue weighted by Gasteiger charge is 2.24. The van der Waals surface area contributed by atoms with Crippen LogP contribution in [0.15, 0.2) is 54.6 Å². The van der Waals surface area contributed by atoms with Crippen LogP contribution >= 0.6 is 0 Å². The van der Waals surface area contributed by atoms with E-state index in [4.69, 9.17) is 0 Å². The lowest BCUT2D eigenvalue weighted by atomic mass is 9.96. The van der Waals surface area contributed by atoms with E-state index in [1.807, 2.05) is 30.3 Å². The maximum absolute atomic E-state index is 12.7. The number of rotatable bonds is 7. The SMILES string of the molecule is O=C(CN1CCC(NC(=O)NC2CCCCC2)CC1)Nc1ccccc1C(=O)Nc1ccccc1. The van der Waals surface area contributed by atoms with Gasteiger partial charge in [-0.2, -0.15) is 0 Å². The maximum atomic E-state index is 12.7. The first-order valence-corrected chi connectivity index (χ1v) is 12.6. The molecule has 2 aromatic carbocycles. The highest BCUT2D eigenvalue weighted by atomic mass is 16.2. The zero-order chi connectivity index (χ0) is 24.5. The van der Waals surface area contributed by atoms with Gasteiger partial charge >= 0.3 is 6.03 Å². The van der Waals surface area contributed by atoms with Crippen LogP contribution < -0.4 is 21.3 Å². The van der Waals surface area contributed by atoms with Gasteiger partial charge in [0.15, 0.2) is 0 Å². The second-order valence-electron chi connectivity index (χ2n) is 9.42. The molecule has 0 unspecified atom stereocenters. The van der Waals surface area contributed by atoms with Crippen LogP contribution in [0.25, 0.3) is 0 Å². The average Bonchev–Trinajstić information content (AvgIpc) is 2.86. The summed E-state index contributed by atoms with van der Waals surface area (Å²) in [5.41, 5.74) is 1.60. The molecular formula is C27H35N5O3. The Bertz CT molecular complexity index is 999.